The van der Waals surface area contributed by atoms with Crippen molar-refractivity contribution in [2.75, 3.05) is 6.61 Å². The molecule has 0 bridgehead atoms. The molecule has 0 aliphatic carbocycles. The van der Waals surface area contributed by atoms with E-state index in [4.69, 9.17) is 14.2 Å². The van der Waals surface area contributed by atoms with Gasteiger partial charge in [-0.1, -0.05) is 36.4 Å². The summed E-state index contributed by atoms with van der Waals surface area (Å²) in [6, 6.07) is 15.8. The molecule has 0 saturated carbocycles. The molecule has 114 valence electrons. The van der Waals surface area contributed by atoms with Crippen LogP contribution < -0.4 is 9.47 Å². The van der Waals surface area contributed by atoms with E-state index in [0.717, 1.165) is 23.5 Å². The van der Waals surface area contributed by atoms with Crippen LogP contribution in [-0.2, 0) is 17.6 Å². The van der Waals surface area contributed by atoms with Gasteiger partial charge in [0.05, 0.1) is 6.61 Å². The maximum absolute atomic E-state index is 10.2. The van der Waals surface area contributed by atoms with E-state index in [1.807, 2.05) is 42.5 Å². The smallest absolute Gasteiger partial charge is 0.192 e. The number of benzene rings is 2. The lowest BCUT2D eigenvalue weighted by Crippen LogP contribution is -2.35. The predicted octanol–water partition coefficient (Wildman–Crippen LogP) is 2.33. The topological polar surface area (TPSA) is 47.9 Å². The van der Waals surface area contributed by atoms with Gasteiger partial charge in [0.1, 0.15) is 17.6 Å². The summed E-state index contributed by atoms with van der Waals surface area (Å²) in [6.07, 6.45) is 0.147. The zero-order valence-corrected chi connectivity index (χ0v) is 12.1. The van der Waals surface area contributed by atoms with E-state index in [0.29, 0.717) is 13.0 Å². The Morgan fingerprint density at radius 1 is 0.955 bits per heavy atom. The Bertz CT molecular complexity index is 620. The number of fused-ring (bicyclic) bond motifs is 2. The molecule has 4 rings (SSSR count). The number of hydrogen-bond donors (Lipinski definition) is 1. The van der Waals surface area contributed by atoms with Gasteiger partial charge in [0.2, 0.25) is 0 Å². The Balaban J connectivity index is 1.31. The van der Waals surface area contributed by atoms with Crippen LogP contribution in [0.3, 0.4) is 0 Å². The van der Waals surface area contributed by atoms with Crippen LogP contribution in [0.1, 0.15) is 11.1 Å². The first-order valence-electron chi connectivity index (χ1n) is 7.58. The van der Waals surface area contributed by atoms with Crippen molar-refractivity contribution in [2.24, 2.45) is 0 Å². The van der Waals surface area contributed by atoms with Gasteiger partial charge in [-0.05, 0) is 23.3 Å². The van der Waals surface area contributed by atoms with Crippen LogP contribution in [0.15, 0.2) is 48.5 Å². The van der Waals surface area contributed by atoms with Crippen molar-refractivity contribution in [3.05, 3.63) is 59.7 Å². The van der Waals surface area contributed by atoms with Crippen LogP contribution in [0.25, 0.3) is 0 Å². The SMILES string of the molecule is O[C@H](OC[C@H]1Cc2ccccc2O1)[C@@H]1Cc2ccccc2O1. The molecule has 3 atom stereocenters. The molecule has 0 unspecified atom stereocenters. The van der Waals surface area contributed by atoms with Crippen molar-refractivity contribution in [1.82, 2.24) is 0 Å². The molecule has 2 heterocycles. The molecule has 4 heteroatoms. The van der Waals surface area contributed by atoms with Gasteiger partial charge in [-0.3, -0.25) is 0 Å². The Labute approximate surface area is 129 Å². The zero-order chi connectivity index (χ0) is 14.9. The van der Waals surface area contributed by atoms with E-state index in [2.05, 4.69) is 6.07 Å². The summed E-state index contributed by atoms with van der Waals surface area (Å²) in [5, 5.41) is 10.2. The van der Waals surface area contributed by atoms with E-state index in [1.54, 1.807) is 0 Å². The fourth-order valence-corrected chi connectivity index (χ4v) is 3.03. The highest BCUT2D eigenvalue weighted by atomic mass is 16.6. The lowest BCUT2D eigenvalue weighted by atomic mass is 10.1. The largest absolute Gasteiger partial charge is 0.487 e. The van der Waals surface area contributed by atoms with Crippen molar-refractivity contribution in [3.63, 3.8) is 0 Å². The van der Waals surface area contributed by atoms with Gasteiger partial charge in [0.25, 0.3) is 0 Å². The van der Waals surface area contributed by atoms with Gasteiger partial charge in [-0.25, -0.2) is 0 Å². The minimum atomic E-state index is -0.945. The summed E-state index contributed by atoms with van der Waals surface area (Å²) < 4.78 is 17.1. The Kier molecular flexibility index (Phi) is 3.48. The van der Waals surface area contributed by atoms with Crippen LogP contribution >= 0.6 is 0 Å². The third-order valence-electron chi connectivity index (χ3n) is 4.16. The fraction of sp³-hybridized carbons (Fsp3) is 0.333. The molecule has 22 heavy (non-hydrogen) atoms. The van der Waals surface area contributed by atoms with Crippen LogP contribution in [-0.4, -0.2) is 30.2 Å². The van der Waals surface area contributed by atoms with E-state index >= 15 is 0 Å². The first-order chi connectivity index (χ1) is 10.8. The first kappa shape index (κ1) is 13.6. The number of aliphatic hydroxyl groups excluding tert-OH is 1. The third kappa shape index (κ3) is 2.56. The summed E-state index contributed by atoms with van der Waals surface area (Å²) >= 11 is 0. The highest BCUT2D eigenvalue weighted by Crippen LogP contribution is 2.31. The standard InChI is InChI=1S/C18H18O4/c19-18(17-10-13-6-2-4-8-16(13)22-17)20-11-14-9-12-5-1-3-7-15(12)21-14/h1-8,14,17-19H,9-11H2/t14-,17+,18-/m1/s1. The van der Waals surface area contributed by atoms with Gasteiger partial charge >= 0.3 is 0 Å². The minimum absolute atomic E-state index is 0.0455. The van der Waals surface area contributed by atoms with Crippen molar-refractivity contribution in [2.45, 2.75) is 31.3 Å². The molecule has 0 amide bonds. The Hall–Kier alpha value is -2.04. The van der Waals surface area contributed by atoms with Gasteiger partial charge in [-0.2, -0.15) is 0 Å². The summed E-state index contributed by atoms with van der Waals surface area (Å²) in [6.45, 7) is 0.353. The summed E-state index contributed by atoms with van der Waals surface area (Å²) in [7, 11) is 0. The summed E-state index contributed by atoms with van der Waals surface area (Å²) in [5.41, 5.74) is 2.30. The van der Waals surface area contributed by atoms with Crippen LogP contribution in [0.5, 0.6) is 11.5 Å². The highest BCUT2D eigenvalue weighted by molar-refractivity contribution is 5.38. The molecule has 2 aliphatic heterocycles. The average Bonchev–Trinajstić information content (AvgIpc) is 3.15. The van der Waals surface area contributed by atoms with Gasteiger partial charge in [0.15, 0.2) is 12.4 Å². The number of ether oxygens (including phenoxy) is 3. The van der Waals surface area contributed by atoms with E-state index in [9.17, 15) is 5.11 Å². The zero-order valence-electron chi connectivity index (χ0n) is 12.1. The average molecular weight is 298 g/mol. The van der Waals surface area contributed by atoms with Crippen molar-refractivity contribution in [3.8, 4) is 11.5 Å². The van der Waals surface area contributed by atoms with Crippen molar-refractivity contribution < 1.29 is 19.3 Å². The van der Waals surface area contributed by atoms with Crippen LogP contribution in [0.2, 0.25) is 0 Å². The molecule has 4 nitrogen and oxygen atoms in total. The number of para-hydroxylation sites is 2. The molecule has 0 radical (unpaired) electrons. The number of rotatable bonds is 4. The maximum atomic E-state index is 10.2. The molecule has 0 spiro atoms. The summed E-state index contributed by atoms with van der Waals surface area (Å²) in [4.78, 5) is 0. The second kappa shape index (κ2) is 5.63. The molecular weight excluding hydrogens is 280 g/mol. The highest BCUT2D eigenvalue weighted by Gasteiger charge is 2.31. The summed E-state index contributed by atoms with van der Waals surface area (Å²) in [5.74, 6) is 1.75. The van der Waals surface area contributed by atoms with Crippen molar-refractivity contribution in [1.29, 1.82) is 0 Å². The quantitative estimate of drug-likeness (QED) is 0.880. The second-order valence-electron chi connectivity index (χ2n) is 5.74. The molecular formula is C18H18O4. The molecule has 2 aliphatic rings. The second-order valence-corrected chi connectivity index (χ2v) is 5.74. The van der Waals surface area contributed by atoms with Gasteiger partial charge in [0, 0.05) is 12.8 Å². The Morgan fingerprint density at radius 2 is 1.59 bits per heavy atom. The molecule has 2 aromatic rings. The third-order valence-corrected chi connectivity index (χ3v) is 4.16. The molecule has 1 N–H and O–H groups in total. The van der Waals surface area contributed by atoms with E-state index in [1.165, 1.54) is 5.56 Å². The van der Waals surface area contributed by atoms with E-state index < -0.39 is 6.29 Å². The van der Waals surface area contributed by atoms with Crippen molar-refractivity contribution >= 4 is 0 Å². The van der Waals surface area contributed by atoms with E-state index in [-0.39, 0.29) is 12.2 Å². The Morgan fingerprint density at radius 3 is 2.27 bits per heavy atom. The van der Waals surface area contributed by atoms with Gasteiger partial charge in [-0.15, -0.1) is 0 Å². The lowest BCUT2D eigenvalue weighted by molar-refractivity contribution is -0.159. The number of aliphatic hydroxyl groups is 1. The molecule has 0 aromatic heterocycles. The minimum Gasteiger partial charge on any atom is -0.487 e. The predicted molar refractivity (Wildman–Crippen MR) is 81.1 cm³/mol. The maximum Gasteiger partial charge on any atom is 0.192 e. The molecule has 0 fully saturated rings. The van der Waals surface area contributed by atoms with Gasteiger partial charge < -0.3 is 19.3 Å². The molecule has 2 aromatic carbocycles. The number of hydrogen-bond acceptors (Lipinski definition) is 4. The first-order valence-corrected chi connectivity index (χ1v) is 7.58. The van der Waals surface area contributed by atoms with Crippen LogP contribution in [0, 0.1) is 0 Å². The van der Waals surface area contributed by atoms with Crippen LogP contribution in [0.4, 0.5) is 0 Å². The fourth-order valence-electron chi connectivity index (χ4n) is 3.03. The monoisotopic (exact) mass is 298 g/mol. The lowest BCUT2D eigenvalue weighted by Gasteiger charge is -2.20. The normalized spacial score (nSPS) is 23.3. The molecule has 0 saturated heterocycles.